The van der Waals surface area contributed by atoms with E-state index in [4.69, 9.17) is 0 Å². The molecule has 1 aromatic carbocycles. The standard InChI is InChI=1S/C23H32N4O2/c1-17-10-8-11-18(2)21(17)25-23(29)22(28)24-16-20(19-12-9-13-26(19)3)27-14-6-4-5-7-15-27/h8-13,20H,4-7,14-16H2,1-3H3,(H,24,28)(H,25,29). The largest absolute Gasteiger partial charge is 0.353 e. The number of benzene rings is 1. The number of carbonyl (C=O) groups excluding carboxylic acids is 2. The van der Waals surface area contributed by atoms with Crippen molar-refractivity contribution in [3.63, 3.8) is 0 Å². The van der Waals surface area contributed by atoms with E-state index in [9.17, 15) is 9.59 Å². The summed E-state index contributed by atoms with van der Waals surface area (Å²) in [5.41, 5.74) is 3.75. The van der Waals surface area contributed by atoms with Crippen LogP contribution in [0.5, 0.6) is 0 Å². The SMILES string of the molecule is Cc1cccc(C)c1NC(=O)C(=O)NCC(c1cccn1C)N1CCCCCC1. The van der Waals surface area contributed by atoms with Gasteiger partial charge in [-0.25, -0.2) is 0 Å². The van der Waals surface area contributed by atoms with Gasteiger partial charge in [-0.2, -0.15) is 0 Å². The van der Waals surface area contributed by atoms with Crippen LogP contribution >= 0.6 is 0 Å². The van der Waals surface area contributed by atoms with Crippen molar-refractivity contribution >= 4 is 17.5 Å². The third-order valence-electron chi connectivity index (χ3n) is 5.79. The maximum absolute atomic E-state index is 12.5. The zero-order valence-electron chi connectivity index (χ0n) is 17.7. The van der Waals surface area contributed by atoms with Gasteiger partial charge in [0.15, 0.2) is 0 Å². The van der Waals surface area contributed by atoms with Crippen molar-refractivity contribution in [2.45, 2.75) is 45.6 Å². The maximum Gasteiger partial charge on any atom is 0.313 e. The summed E-state index contributed by atoms with van der Waals surface area (Å²) in [5.74, 6) is -1.22. The summed E-state index contributed by atoms with van der Waals surface area (Å²) in [6, 6.07) is 9.96. The first kappa shape index (κ1) is 21.1. The molecule has 0 bridgehead atoms. The first-order valence-electron chi connectivity index (χ1n) is 10.5. The number of hydrogen-bond acceptors (Lipinski definition) is 3. The van der Waals surface area contributed by atoms with Gasteiger partial charge < -0.3 is 15.2 Å². The normalized spacial score (nSPS) is 16.1. The van der Waals surface area contributed by atoms with E-state index in [1.165, 1.54) is 25.7 Å². The van der Waals surface area contributed by atoms with Gasteiger partial charge in [-0.1, -0.05) is 31.0 Å². The highest BCUT2D eigenvalue weighted by atomic mass is 16.2. The Bertz CT molecular complexity index is 830. The molecule has 1 aromatic heterocycles. The summed E-state index contributed by atoms with van der Waals surface area (Å²) in [5, 5.41) is 5.64. The highest BCUT2D eigenvalue weighted by Crippen LogP contribution is 2.24. The average Bonchev–Trinajstić information content (AvgIpc) is 2.94. The highest BCUT2D eigenvalue weighted by molar-refractivity contribution is 6.39. The van der Waals surface area contributed by atoms with Gasteiger partial charge in [-0.05, 0) is 63.0 Å². The van der Waals surface area contributed by atoms with E-state index in [0.29, 0.717) is 12.2 Å². The zero-order chi connectivity index (χ0) is 20.8. The molecule has 0 spiro atoms. The Balaban J connectivity index is 1.67. The molecule has 1 unspecified atom stereocenters. The van der Waals surface area contributed by atoms with Gasteiger partial charge in [-0.3, -0.25) is 14.5 Å². The predicted octanol–water partition coefficient (Wildman–Crippen LogP) is 3.31. The summed E-state index contributed by atoms with van der Waals surface area (Å²) < 4.78 is 2.10. The number of amides is 2. The molecule has 1 fully saturated rings. The minimum atomic E-state index is -0.621. The number of para-hydroxylation sites is 1. The first-order chi connectivity index (χ1) is 14.0. The fourth-order valence-corrected chi connectivity index (χ4v) is 4.10. The molecular weight excluding hydrogens is 364 g/mol. The minimum absolute atomic E-state index is 0.0602. The van der Waals surface area contributed by atoms with E-state index in [1.54, 1.807) is 0 Å². The van der Waals surface area contributed by atoms with Crippen LogP contribution in [0.4, 0.5) is 5.69 Å². The topological polar surface area (TPSA) is 66.4 Å². The number of aromatic nitrogens is 1. The lowest BCUT2D eigenvalue weighted by Crippen LogP contribution is -2.43. The van der Waals surface area contributed by atoms with Crippen LogP contribution in [-0.2, 0) is 16.6 Å². The average molecular weight is 397 g/mol. The number of hydrogen-bond donors (Lipinski definition) is 2. The molecule has 1 aliphatic rings. The second-order valence-corrected chi connectivity index (χ2v) is 7.94. The number of rotatable bonds is 5. The molecule has 1 aliphatic heterocycles. The van der Waals surface area contributed by atoms with Gasteiger partial charge in [0.25, 0.3) is 0 Å². The minimum Gasteiger partial charge on any atom is -0.353 e. The highest BCUT2D eigenvalue weighted by Gasteiger charge is 2.25. The molecule has 3 rings (SSSR count). The summed E-state index contributed by atoms with van der Waals surface area (Å²) in [6.07, 6.45) is 6.86. The van der Waals surface area contributed by atoms with Gasteiger partial charge in [0.2, 0.25) is 0 Å². The molecule has 2 aromatic rings. The van der Waals surface area contributed by atoms with Crippen LogP contribution in [0.25, 0.3) is 0 Å². The van der Waals surface area contributed by atoms with Crippen LogP contribution in [-0.4, -0.2) is 40.9 Å². The van der Waals surface area contributed by atoms with E-state index < -0.39 is 11.8 Å². The van der Waals surface area contributed by atoms with Crippen LogP contribution < -0.4 is 10.6 Å². The lowest BCUT2D eigenvalue weighted by molar-refractivity contribution is -0.136. The van der Waals surface area contributed by atoms with Gasteiger partial charge in [0.05, 0.1) is 6.04 Å². The van der Waals surface area contributed by atoms with Gasteiger partial charge in [-0.15, -0.1) is 0 Å². The third-order valence-corrected chi connectivity index (χ3v) is 5.79. The number of carbonyl (C=O) groups is 2. The second-order valence-electron chi connectivity index (χ2n) is 7.94. The van der Waals surface area contributed by atoms with Crippen molar-refractivity contribution in [3.8, 4) is 0 Å². The Hall–Kier alpha value is -2.60. The Kier molecular flexibility index (Phi) is 7.09. The van der Waals surface area contributed by atoms with Gasteiger partial charge >= 0.3 is 11.8 Å². The Morgan fingerprint density at radius 1 is 0.966 bits per heavy atom. The van der Waals surface area contributed by atoms with Crippen molar-refractivity contribution < 1.29 is 9.59 Å². The van der Waals surface area contributed by atoms with Crippen LogP contribution in [0.1, 0.15) is 48.5 Å². The summed E-state index contributed by atoms with van der Waals surface area (Å²) in [4.78, 5) is 27.4. The summed E-state index contributed by atoms with van der Waals surface area (Å²) in [6.45, 7) is 6.29. The fraction of sp³-hybridized carbons (Fsp3) is 0.478. The number of nitrogens with one attached hydrogen (secondary N) is 2. The molecule has 2 amide bonds. The molecule has 2 N–H and O–H groups in total. The lowest BCUT2D eigenvalue weighted by atomic mass is 10.1. The van der Waals surface area contributed by atoms with Crippen LogP contribution in [0.15, 0.2) is 36.5 Å². The lowest BCUT2D eigenvalue weighted by Gasteiger charge is -2.31. The fourth-order valence-electron chi connectivity index (χ4n) is 4.10. The maximum atomic E-state index is 12.5. The molecule has 6 nitrogen and oxygen atoms in total. The number of aryl methyl sites for hydroxylation is 3. The zero-order valence-corrected chi connectivity index (χ0v) is 17.7. The molecule has 1 atom stereocenters. The van der Waals surface area contributed by atoms with E-state index in [2.05, 4.69) is 26.2 Å². The van der Waals surface area contributed by atoms with Crippen LogP contribution in [0.2, 0.25) is 0 Å². The molecule has 6 heteroatoms. The molecule has 0 radical (unpaired) electrons. The third kappa shape index (κ3) is 5.26. The van der Waals surface area contributed by atoms with Crippen molar-refractivity contribution in [2.75, 3.05) is 25.0 Å². The molecule has 0 saturated carbocycles. The van der Waals surface area contributed by atoms with E-state index in [0.717, 1.165) is 29.9 Å². The van der Waals surface area contributed by atoms with Crippen LogP contribution in [0.3, 0.4) is 0 Å². The predicted molar refractivity (Wildman–Crippen MR) is 116 cm³/mol. The van der Waals surface area contributed by atoms with Gasteiger partial charge in [0, 0.05) is 31.2 Å². The molecule has 29 heavy (non-hydrogen) atoms. The Morgan fingerprint density at radius 3 is 2.21 bits per heavy atom. The molecular formula is C23H32N4O2. The summed E-state index contributed by atoms with van der Waals surface area (Å²) in [7, 11) is 2.02. The van der Waals surface area contributed by atoms with Crippen molar-refractivity contribution in [3.05, 3.63) is 53.3 Å². The smallest absolute Gasteiger partial charge is 0.313 e. The van der Waals surface area contributed by atoms with E-state index >= 15 is 0 Å². The van der Waals surface area contributed by atoms with Crippen molar-refractivity contribution in [1.29, 1.82) is 0 Å². The van der Waals surface area contributed by atoms with E-state index in [1.807, 2.05) is 51.4 Å². The van der Waals surface area contributed by atoms with Crippen molar-refractivity contribution in [1.82, 2.24) is 14.8 Å². The Labute approximate surface area is 173 Å². The number of anilines is 1. The molecule has 156 valence electrons. The monoisotopic (exact) mass is 396 g/mol. The number of likely N-dealkylation sites (tertiary alicyclic amines) is 1. The molecule has 1 saturated heterocycles. The molecule has 2 heterocycles. The number of nitrogens with zero attached hydrogens (tertiary/aromatic N) is 2. The van der Waals surface area contributed by atoms with Crippen molar-refractivity contribution in [2.24, 2.45) is 7.05 Å². The van der Waals surface area contributed by atoms with E-state index in [-0.39, 0.29) is 6.04 Å². The first-order valence-corrected chi connectivity index (χ1v) is 10.5. The second kappa shape index (κ2) is 9.74. The Morgan fingerprint density at radius 2 is 1.62 bits per heavy atom. The van der Waals surface area contributed by atoms with Crippen LogP contribution in [0, 0.1) is 13.8 Å². The quantitative estimate of drug-likeness (QED) is 0.762. The van der Waals surface area contributed by atoms with Gasteiger partial charge in [0.1, 0.15) is 0 Å². The molecule has 0 aliphatic carbocycles. The summed E-state index contributed by atoms with van der Waals surface area (Å²) >= 11 is 0.